The lowest BCUT2D eigenvalue weighted by Crippen LogP contribution is -2.22. The van der Waals surface area contributed by atoms with Crippen molar-refractivity contribution in [3.8, 4) is 11.4 Å². The molecule has 0 fully saturated rings. The molecule has 3 aromatic rings. The van der Waals surface area contributed by atoms with E-state index in [9.17, 15) is 9.18 Å². The summed E-state index contributed by atoms with van der Waals surface area (Å²) in [7, 11) is 0. The molecule has 0 saturated heterocycles. The maximum atomic E-state index is 13.1. The molecule has 122 valence electrons. The maximum Gasteiger partial charge on any atom is 0.237 e. The van der Waals surface area contributed by atoms with Gasteiger partial charge in [-0.05, 0) is 25.1 Å². The molecule has 0 aliphatic carbocycles. The largest absolute Gasteiger partial charge is 0.325 e. The highest BCUT2D eigenvalue weighted by Gasteiger charge is 2.17. The third kappa shape index (κ3) is 3.99. The fourth-order valence-electron chi connectivity index (χ4n) is 2.05. The second kappa shape index (κ2) is 7.27. The first-order valence-corrected chi connectivity index (χ1v) is 8.21. The van der Waals surface area contributed by atoms with Crippen LogP contribution in [0.25, 0.3) is 11.4 Å². The van der Waals surface area contributed by atoms with Gasteiger partial charge in [-0.1, -0.05) is 48.2 Å². The lowest BCUT2D eigenvalue weighted by molar-refractivity contribution is -0.115. The summed E-state index contributed by atoms with van der Waals surface area (Å²) in [6.45, 7) is 1.75. The number of benzene rings is 2. The summed E-state index contributed by atoms with van der Waals surface area (Å²) >= 11 is 1.23. The number of carbonyl (C=O) groups excluding carboxylic acids is 1. The molecule has 1 aromatic heterocycles. The van der Waals surface area contributed by atoms with Gasteiger partial charge in [-0.15, -0.1) is 5.10 Å². The van der Waals surface area contributed by atoms with Crippen LogP contribution in [0.4, 0.5) is 10.1 Å². The van der Waals surface area contributed by atoms with Gasteiger partial charge in [0.15, 0.2) is 5.82 Å². The summed E-state index contributed by atoms with van der Waals surface area (Å²) in [4.78, 5) is 16.6. The second-order valence-corrected chi connectivity index (χ2v) is 6.40. The molecule has 5 nitrogen and oxygen atoms in total. The third-order valence-corrected chi connectivity index (χ3v) is 4.22. The van der Waals surface area contributed by atoms with Crippen molar-refractivity contribution in [2.75, 3.05) is 5.32 Å². The van der Waals surface area contributed by atoms with Gasteiger partial charge >= 0.3 is 0 Å². The third-order valence-electron chi connectivity index (χ3n) is 3.26. The number of hydrogen-bond acceptors (Lipinski definition) is 4. The molecule has 0 aliphatic rings. The first kappa shape index (κ1) is 16.2. The summed E-state index contributed by atoms with van der Waals surface area (Å²) in [5.41, 5.74) is 1.35. The Morgan fingerprint density at radius 2 is 2.00 bits per heavy atom. The van der Waals surface area contributed by atoms with E-state index in [1.165, 1.54) is 23.9 Å². The number of rotatable bonds is 5. The Balaban J connectivity index is 1.63. The summed E-state index contributed by atoms with van der Waals surface area (Å²) in [6.07, 6.45) is 0. The molecule has 1 atom stereocenters. The summed E-state index contributed by atoms with van der Waals surface area (Å²) in [5, 5.41) is 9.72. The average Bonchev–Trinajstić information content (AvgIpc) is 3.04. The first-order chi connectivity index (χ1) is 11.6. The van der Waals surface area contributed by atoms with Crippen molar-refractivity contribution < 1.29 is 9.18 Å². The van der Waals surface area contributed by atoms with Crippen molar-refractivity contribution in [1.82, 2.24) is 15.2 Å². The molecule has 2 N–H and O–H groups in total. The number of anilines is 1. The van der Waals surface area contributed by atoms with Crippen LogP contribution < -0.4 is 5.32 Å². The van der Waals surface area contributed by atoms with Crippen molar-refractivity contribution in [3.05, 3.63) is 60.4 Å². The topological polar surface area (TPSA) is 70.7 Å². The number of halogens is 1. The zero-order valence-corrected chi connectivity index (χ0v) is 13.7. The van der Waals surface area contributed by atoms with E-state index >= 15 is 0 Å². The zero-order valence-electron chi connectivity index (χ0n) is 12.9. The number of aromatic amines is 1. The molecule has 1 heterocycles. The van der Waals surface area contributed by atoms with E-state index in [1.54, 1.807) is 19.1 Å². The molecule has 1 amide bonds. The Kier molecular flexibility index (Phi) is 4.90. The van der Waals surface area contributed by atoms with Crippen LogP contribution in [0.5, 0.6) is 0 Å². The monoisotopic (exact) mass is 342 g/mol. The van der Waals surface area contributed by atoms with Gasteiger partial charge in [0.05, 0.1) is 5.25 Å². The fourth-order valence-corrected chi connectivity index (χ4v) is 2.77. The highest BCUT2D eigenvalue weighted by Crippen LogP contribution is 2.23. The number of H-pyrrole nitrogens is 1. The van der Waals surface area contributed by atoms with Crippen molar-refractivity contribution in [2.45, 2.75) is 17.3 Å². The minimum absolute atomic E-state index is 0.239. The van der Waals surface area contributed by atoms with E-state index in [4.69, 9.17) is 0 Å². The van der Waals surface area contributed by atoms with Crippen LogP contribution in [-0.4, -0.2) is 26.3 Å². The number of aromatic nitrogens is 3. The van der Waals surface area contributed by atoms with E-state index in [-0.39, 0.29) is 5.91 Å². The van der Waals surface area contributed by atoms with Gasteiger partial charge in [-0.2, -0.15) is 0 Å². The van der Waals surface area contributed by atoms with Crippen LogP contribution >= 0.6 is 11.8 Å². The molecular formula is C17H15FN4OS. The number of nitrogens with one attached hydrogen (secondary N) is 2. The molecule has 7 heteroatoms. The zero-order chi connectivity index (χ0) is 16.9. The molecular weight excluding hydrogens is 327 g/mol. The number of hydrogen-bond donors (Lipinski definition) is 2. The predicted molar refractivity (Wildman–Crippen MR) is 92.2 cm³/mol. The van der Waals surface area contributed by atoms with Crippen molar-refractivity contribution in [2.24, 2.45) is 0 Å². The number of nitrogens with zero attached hydrogens (tertiary/aromatic N) is 2. The molecule has 0 unspecified atom stereocenters. The number of carbonyl (C=O) groups is 1. The van der Waals surface area contributed by atoms with Crippen LogP contribution in [0.15, 0.2) is 59.8 Å². The molecule has 2 aromatic carbocycles. The lowest BCUT2D eigenvalue weighted by Gasteiger charge is -2.10. The molecule has 0 radical (unpaired) electrons. The Bertz CT molecular complexity index is 837. The Labute approximate surface area is 142 Å². The van der Waals surface area contributed by atoms with Crippen LogP contribution in [0, 0.1) is 5.82 Å². The van der Waals surface area contributed by atoms with Crippen LogP contribution in [0.2, 0.25) is 0 Å². The van der Waals surface area contributed by atoms with Gasteiger partial charge in [0.25, 0.3) is 0 Å². The lowest BCUT2D eigenvalue weighted by atomic mass is 10.2. The second-order valence-electron chi connectivity index (χ2n) is 5.09. The van der Waals surface area contributed by atoms with Gasteiger partial charge in [0.1, 0.15) is 5.82 Å². The molecule has 0 bridgehead atoms. The van der Waals surface area contributed by atoms with Gasteiger partial charge < -0.3 is 5.32 Å². The van der Waals surface area contributed by atoms with Crippen molar-refractivity contribution in [3.63, 3.8) is 0 Å². The quantitative estimate of drug-likeness (QED) is 0.693. The summed E-state index contributed by atoms with van der Waals surface area (Å²) in [6, 6.07) is 15.4. The SMILES string of the molecule is C[C@H](Sc1n[nH]c(-c2ccccc2)n1)C(=O)Nc1cccc(F)c1. The van der Waals surface area contributed by atoms with Crippen molar-refractivity contribution >= 4 is 23.4 Å². The minimum atomic E-state index is -0.423. The van der Waals surface area contributed by atoms with Gasteiger partial charge in [0, 0.05) is 11.3 Å². The highest BCUT2D eigenvalue weighted by atomic mass is 32.2. The first-order valence-electron chi connectivity index (χ1n) is 7.33. The molecule has 0 saturated carbocycles. The van der Waals surface area contributed by atoms with Gasteiger partial charge in [0.2, 0.25) is 11.1 Å². The molecule has 0 aliphatic heterocycles. The van der Waals surface area contributed by atoms with E-state index in [1.807, 2.05) is 30.3 Å². The van der Waals surface area contributed by atoms with Crippen LogP contribution in [-0.2, 0) is 4.79 Å². The average molecular weight is 342 g/mol. The van der Waals surface area contributed by atoms with Gasteiger partial charge in [-0.25, -0.2) is 9.37 Å². The Morgan fingerprint density at radius 3 is 2.75 bits per heavy atom. The van der Waals surface area contributed by atoms with Crippen LogP contribution in [0.3, 0.4) is 0 Å². The normalized spacial score (nSPS) is 11.9. The Hall–Kier alpha value is -2.67. The van der Waals surface area contributed by atoms with Gasteiger partial charge in [-0.3, -0.25) is 9.89 Å². The molecule has 24 heavy (non-hydrogen) atoms. The smallest absolute Gasteiger partial charge is 0.237 e. The van der Waals surface area contributed by atoms with Crippen LogP contribution in [0.1, 0.15) is 6.92 Å². The van der Waals surface area contributed by atoms with E-state index in [0.717, 1.165) is 5.56 Å². The fraction of sp³-hybridized carbons (Fsp3) is 0.118. The van der Waals surface area contributed by atoms with Crippen molar-refractivity contribution in [1.29, 1.82) is 0 Å². The number of amides is 1. The summed E-state index contributed by atoms with van der Waals surface area (Å²) in [5.74, 6) is 0.0158. The predicted octanol–water partition coefficient (Wildman–Crippen LogP) is 3.73. The van der Waals surface area contributed by atoms with E-state index in [2.05, 4.69) is 20.5 Å². The van der Waals surface area contributed by atoms with E-state index in [0.29, 0.717) is 16.7 Å². The van der Waals surface area contributed by atoms with E-state index < -0.39 is 11.1 Å². The summed E-state index contributed by atoms with van der Waals surface area (Å²) < 4.78 is 13.1. The maximum absolute atomic E-state index is 13.1. The number of thioether (sulfide) groups is 1. The molecule has 3 rings (SSSR count). The Morgan fingerprint density at radius 1 is 1.21 bits per heavy atom. The standard InChI is InChI=1S/C17H15FN4OS/c1-11(16(23)19-14-9-5-8-13(18)10-14)24-17-20-15(21-22-17)12-6-3-2-4-7-12/h2-11H,1H3,(H,19,23)(H,20,21,22)/t11-/m0/s1. The minimum Gasteiger partial charge on any atom is -0.325 e. The molecule has 0 spiro atoms. The highest BCUT2D eigenvalue weighted by molar-refractivity contribution is 8.00.